The van der Waals surface area contributed by atoms with Gasteiger partial charge >= 0.3 is 5.97 Å². The van der Waals surface area contributed by atoms with Crippen LogP contribution >= 0.6 is 23.4 Å². The zero-order chi connectivity index (χ0) is 22.0. The molecule has 0 radical (unpaired) electrons. The summed E-state index contributed by atoms with van der Waals surface area (Å²) in [6.07, 6.45) is 0. The minimum Gasteiger partial charge on any atom is -0.463 e. The Bertz CT molecular complexity index is 1130. The first kappa shape index (κ1) is 21.4. The van der Waals surface area contributed by atoms with Gasteiger partial charge in [-0.2, -0.15) is 4.98 Å². The van der Waals surface area contributed by atoms with Crippen LogP contribution in [0.2, 0.25) is 5.02 Å². The van der Waals surface area contributed by atoms with E-state index in [1.54, 1.807) is 30.7 Å². The molecule has 9 heteroatoms. The van der Waals surface area contributed by atoms with Gasteiger partial charge in [0.1, 0.15) is 11.9 Å². The molecule has 31 heavy (non-hydrogen) atoms. The lowest BCUT2D eigenvalue weighted by Gasteiger charge is -2.28. The average molecular weight is 459 g/mol. The normalized spacial score (nSPS) is 15.4. The number of rotatable bonds is 6. The summed E-state index contributed by atoms with van der Waals surface area (Å²) in [4.78, 5) is 17.3. The highest BCUT2D eigenvalue weighted by molar-refractivity contribution is 7.98. The van der Waals surface area contributed by atoms with E-state index in [4.69, 9.17) is 16.3 Å². The number of hydrogen-bond donors (Lipinski definition) is 1. The number of hydrogen-bond acceptors (Lipinski definition) is 6. The molecule has 1 aliphatic rings. The maximum atomic E-state index is 13.5. The fourth-order valence-corrected chi connectivity index (χ4v) is 4.26. The molecule has 1 aromatic heterocycles. The first-order valence-electron chi connectivity index (χ1n) is 9.70. The molecule has 160 valence electrons. The van der Waals surface area contributed by atoms with Crippen molar-refractivity contribution in [2.45, 2.75) is 30.8 Å². The van der Waals surface area contributed by atoms with Gasteiger partial charge in [0.05, 0.1) is 12.2 Å². The lowest BCUT2D eigenvalue weighted by atomic mass is 9.96. The smallest absolute Gasteiger partial charge is 0.338 e. The predicted octanol–water partition coefficient (Wildman–Crippen LogP) is 5.21. The van der Waals surface area contributed by atoms with E-state index in [0.29, 0.717) is 38.7 Å². The molecule has 0 amide bonds. The molecular weight excluding hydrogens is 439 g/mol. The van der Waals surface area contributed by atoms with Gasteiger partial charge in [-0.15, -0.1) is 5.10 Å². The highest BCUT2D eigenvalue weighted by atomic mass is 35.5. The fourth-order valence-electron chi connectivity index (χ4n) is 3.35. The number of fused-ring (bicyclic) bond motifs is 1. The number of aromatic nitrogens is 3. The van der Waals surface area contributed by atoms with Crippen molar-refractivity contribution in [1.29, 1.82) is 0 Å². The van der Waals surface area contributed by atoms with Gasteiger partial charge in [-0.25, -0.2) is 13.9 Å². The van der Waals surface area contributed by atoms with Crippen LogP contribution in [0.4, 0.5) is 10.3 Å². The van der Waals surface area contributed by atoms with Crippen LogP contribution in [0.15, 0.2) is 65.0 Å². The van der Waals surface area contributed by atoms with Crippen molar-refractivity contribution in [2.24, 2.45) is 0 Å². The molecule has 0 aliphatic carbocycles. The number of benzene rings is 2. The first-order valence-corrected chi connectivity index (χ1v) is 11.1. The highest BCUT2D eigenvalue weighted by Crippen LogP contribution is 2.37. The number of nitrogens with zero attached hydrogens (tertiary/aromatic N) is 3. The number of carbonyl (C=O) groups excluding carboxylic acids is 1. The molecule has 6 nitrogen and oxygen atoms in total. The first-order chi connectivity index (χ1) is 15.0. The summed E-state index contributed by atoms with van der Waals surface area (Å²) in [5, 5.41) is 9.03. The predicted molar refractivity (Wildman–Crippen MR) is 119 cm³/mol. The van der Waals surface area contributed by atoms with Gasteiger partial charge in [-0.05, 0) is 49.2 Å². The minimum absolute atomic E-state index is 0.248. The van der Waals surface area contributed by atoms with Crippen molar-refractivity contribution in [3.05, 3.63) is 81.8 Å². The Morgan fingerprint density at radius 2 is 1.94 bits per heavy atom. The number of allylic oxidation sites excluding steroid dienone is 1. The summed E-state index contributed by atoms with van der Waals surface area (Å²) < 4.78 is 20.5. The van der Waals surface area contributed by atoms with Crippen molar-refractivity contribution in [3.63, 3.8) is 0 Å². The van der Waals surface area contributed by atoms with Gasteiger partial charge < -0.3 is 10.1 Å². The molecular formula is C22H20ClFN4O2S. The lowest BCUT2D eigenvalue weighted by molar-refractivity contribution is -0.139. The van der Waals surface area contributed by atoms with Crippen LogP contribution in [0, 0.1) is 5.82 Å². The Balaban J connectivity index is 1.67. The van der Waals surface area contributed by atoms with Crippen LogP contribution in [0.3, 0.4) is 0 Å². The van der Waals surface area contributed by atoms with Gasteiger partial charge in [0.15, 0.2) is 0 Å². The third kappa shape index (κ3) is 4.60. The number of ether oxygens (including phenoxy) is 1. The van der Waals surface area contributed by atoms with Crippen LogP contribution in [-0.2, 0) is 15.3 Å². The van der Waals surface area contributed by atoms with Crippen LogP contribution in [0.5, 0.6) is 0 Å². The van der Waals surface area contributed by atoms with E-state index in [9.17, 15) is 9.18 Å². The topological polar surface area (TPSA) is 69.0 Å². The largest absolute Gasteiger partial charge is 0.463 e. The van der Waals surface area contributed by atoms with Crippen molar-refractivity contribution in [1.82, 2.24) is 14.8 Å². The molecule has 4 rings (SSSR count). The molecule has 2 heterocycles. The van der Waals surface area contributed by atoms with E-state index < -0.39 is 12.0 Å². The van der Waals surface area contributed by atoms with Crippen molar-refractivity contribution >= 4 is 35.3 Å². The zero-order valence-corrected chi connectivity index (χ0v) is 18.5. The summed E-state index contributed by atoms with van der Waals surface area (Å²) in [5.41, 5.74) is 2.85. The van der Waals surface area contributed by atoms with Crippen LogP contribution in [-0.4, -0.2) is 27.3 Å². The maximum absolute atomic E-state index is 13.5. The molecule has 3 aromatic rings. The summed E-state index contributed by atoms with van der Waals surface area (Å²) in [7, 11) is 0. The van der Waals surface area contributed by atoms with Gasteiger partial charge in [0, 0.05) is 16.5 Å². The maximum Gasteiger partial charge on any atom is 0.338 e. The molecule has 0 fully saturated rings. The summed E-state index contributed by atoms with van der Waals surface area (Å²) >= 11 is 7.42. The second-order valence-corrected chi connectivity index (χ2v) is 8.29. The number of esters is 1. The average Bonchev–Trinajstić information content (AvgIpc) is 3.15. The highest BCUT2D eigenvalue weighted by Gasteiger charge is 2.35. The van der Waals surface area contributed by atoms with Crippen molar-refractivity contribution in [2.75, 3.05) is 11.9 Å². The van der Waals surface area contributed by atoms with Gasteiger partial charge in [-0.3, -0.25) is 0 Å². The van der Waals surface area contributed by atoms with E-state index in [2.05, 4.69) is 15.4 Å². The fraction of sp³-hybridized carbons (Fsp3) is 0.227. The number of carbonyl (C=O) groups is 1. The van der Waals surface area contributed by atoms with Crippen LogP contribution < -0.4 is 5.32 Å². The Morgan fingerprint density at radius 3 is 2.61 bits per heavy atom. The number of nitrogens with one attached hydrogen (secondary N) is 1. The number of thioether (sulfide) groups is 1. The molecule has 0 spiro atoms. The van der Waals surface area contributed by atoms with Crippen molar-refractivity contribution in [3.8, 4) is 0 Å². The lowest BCUT2D eigenvalue weighted by Crippen LogP contribution is -2.29. The van der Waals surface area contributed by atoms with E-state index in [1.165, 1.54) is 23.9 Å². The van der Waals surface area contributed by atoms with E-state index >= 15 is 0 Å². The van der Waals surface area contributed by atoms with E-state index in [0.717, 1.165) is 5.56 Å². The molecule has 1 atom stereocenters. The monoisotopic (exact) mass is 458 g/mol. The summed E-state index contributed by atoms with van der Waals surface area (Å²) in [6.45, 7) is 3.79. The Kier molecular flexibility index (Phi) is 6.29. The third-order valence-electron chi connectivity index (χ3n) is 4.80. The summed E-state index contributed by atoms with van der Waals surface area (Å²) in [6, 6.07) is 13.0. The third-order valence-corrected chi connectivity index (χ3v) is 5.96. The molecule has 1 aliphatic heterocycles. The second kappa shape index (κ2) is 9.11. The zero-order valence-electron chi connectivity index (χ0n) is 16.9. The number of anilines is 1. The van der Waals surface area contributed by atoms with E-state index in [-0.39, 0.29) is 12.4 Å². The SMILES string of the molecule is CCOC(=O)C1=C(C)Nc2nc(SCc3ccc(Cl)cc3)nn2C1c1ccc(F)cc1. The van der Waals surface area contributed by atoms with Gasteiger partial charge in [-0.1, -0.05) is 47.6 Å². The molecule has 0 bridgehead atoms. The van der Waals surface area contributed by atoms with Gasteiger partial charge in [0.2, 0.25) is 11.1 Å². The molecule has 0 saturated heterocycles. The summed E-state index contributed by atoms with van der Waals surface area (Å²) in [5.74, 6) is 0.379. The van der Waals surface area contributed by atoms with Crippen LogP contribution in [0.1, 0.15) is 31.0 Å². The molecule has 1 unspecified atom stereocenters. The quantitative estimate of drug-likeness (QED) is 0.403. The van der Waals surface area contributed by atoms with Crippen molar-refractivity contribution < 1.29 is 13.9 Å². The van der Waals surface area contributed by atoms with Gasteiger partial charge in [0.25, 0.3) is 0 Å². The molecule has 2 aromatic carbocycles. The minimum atomic E-state index is -0.576. The van der Waals surface area contributed by atoms with Crippen LogP contribution in [0.25, 0.3) is 0 Å². The standard InChI is InChI=1S/C22H20ClFN4O2S/c1-3-30-20(29)18-13(2)25-21-26-22(31-12-14-4-8-16(23)9-5-14)27-28(21)19(18)15-6-10-17(24)11-7-15/h4-11,19H,3,12H2,1-2H3,(H,25,26,27). The van der Waals surface area contributed by atoms with E-state index in [1.807, 2.05) is 24.3 Å². The Hall–Kier alpha value is -2.84. The molecule has 0 saturated carbocycles. The number of halogens is 2. The second-order valence-electron chi connectivity index (χ2n) is 6.92. The molecule has 1 N–H and O–H groups in total. The Labute approximate surface area is 188 Å². The Morgan fingerprint density at radius 1 is 1.23 bits per heavy atom.